The quantitative estimate of drug-likeness (QED) is 0.792. The Morgan fingerprint density at radius 1 is 1.05 bits per heavy atom. The molecular weight excluding hydrogens is 280 g/mol. The minimum absolute atomic E-state index is 0.112. The van der Waals surface area contributed by atoms with Gasteiger partial charge in [0.15, 0.2) is 0 Å². The molecule has 2 rings (SSSR count). The third-order valence-corrected chi connectivity index (χ3v) is 3.04. The van der Waals surface area contributed by atoms with Crippen LogP contribution in [-0.2, 0) is 27.4 Å². The summed E-state index contributed by atoms with van der Waals surface area (Å²) in [7, 11) is 0. The standard InChI is InChI=1S/C17H18N2O3/c20-16(9-8-14-7-4-10-18-11-14)19-12-17(21)22-13-15-5-2-1-3-6-15/h1-7,10-11H,8-9,12-13H2,(H,19,20). The number of ether oxygens (including phenoxy) is 1. The number of nitrogens with zero attached hydrogens (tertiary/aromatic N) is 1. The van der Waals surface area contributed by atoms with E-state index in [1.807, 2.05) is 42.5 Å². The van der Waals surface area contributed by atoms with Crippen LogP contribution in [0.2, 0.25) is 0 Å². The largest absolute Gasteiger partial charge is 0.460 e. The first-order valence-corrected chi connectivity index (χ1v) is 7.09. The van der Waals surface area contributed by atoms with E-state index < -0.39 is 5.97 Å². The van der Waals surface area contributed by atoms with Crippen molar-refractivity contribution in [3.63, 3.8) is 0 Å². The molecule has 1 aromatic carbocycles. The highest BCUT2D eigenvalue weighted by Crippen LogP contribution is 2.01. The van der Waals surface area contributed by atoms with Crippen molar-refractivity contribution in [3.8, 4) is 0 Å². The topological polar surface area (TPSA) is 68.3 Å². The van der Waals surface area contributed by atoms with Crippen LogP contribution in [0, 0.1) is 0 Å². The molecule has 2 aromatic rings. The zero-order valence-corrected chi connectivity index (χ0v) is 12.2. The van der Waals surface area contributed by atoms with Crippen LogP contribution in [0.3, 0.4) is 0 Å². The Labute approximate surface area is 129 Å². The SMILES string of the molecule is O=C(CCc1cccnc1)NCC(=O)OCc1ccccc1. The van der Waals surface area contributed by atoms with Gasteiger partial charge in [0.1, 0.15) is 13.2 Å². The lowest BCUT2D eigenvalue weighted by molar-refractivity contribution is -0.145. The fourth-order valence-corrected chi connectivity index (χ4v) is 1.85. The Bertz CT molecular complexity index is 544. The first-order chi connectivity index (χ1) is 10.7. The van der Waals surface area contributed by atoms with Gasteiger partial charge in [0.05, 0.1) is 0 Å². The number of carbonyl (C=O) groups is 2. The van der Waals surface area contributed by atoms with Gasteiger partial charge in [0.2, 0.25) is 5.91 Å². The van der Waals surface area contributed by atoms with Crippen LogP contribution in [0.25, 0.3) is 0 Å². The molecule has 0 bridgehead atoms. The van der Waals surface area contributed by atoms with Gasteiger partial charge in [-0.2, -0.15) is 0 Å². The maximum atomic E-state index is 11.7. The van der Waals surface area contributed by atoms with Gasteiger partial charge in [0, 0.05) is 18.8 Å². The van der Waals surface area contributed by atoms with Gasteiger partial charge < -0.3 is 10.1 Å². The molecule has 1 N–H and O–H groups in total. The van der Waals surface area contributed by atoms with E-state index in [4.69, 9.17) is 4.74 Å². The van der Waals surface area contributed by atoms with Crippen LogP contribution >= 0.6 is 0 Å². The van der Waals surface area contributed by atoms with Gasteiger partial charge in [-0.15, -0.1) is 0 Å². The monoisotopic (exact) mass is 298 g/mol. The molecule has 0 atom stereocenters. The van der Waals surface area contributed by atoms with Crippen molar-refractivity contribution < 1.29 is 14.3 Å². The van der Waals surface area contributed by atoms with Crippen molar-refractivity contribution in [3.05, 3.63) is 66.0 Å². The summed E-state index contributed by atoms with van der Waals surface area (Å²) in [6.45, 7) is 0.101. The molecule has 0 saturated carbocycles. The number of hydrogen-bond acceptors (Lipinski definition) is 4. The summed E-state index contributed by atoms with van der Waals surface area (Å²) in [5.74, 6) is -0.626. The summed E-state index contributed by atoms with van der Waals surface area (Å²) in [4.78, 5) is 27.2. The fourth-order valence-electron chi connectivity index (χ4n) is 1.85. The smallest absolute Gasteiger partial charge is 0.325 e. The Morgan fingerprint density at radius 2 is 1.82 bits per heavy atom. The van der Waals surface area contributed by atoms with E-state index in [9.17, 15) is 9.59 Å². The number of aromatic nitrogens is 1. The van der Waals surface area contributed by atoms with E-state index in [-0.39, 0.29) is 19.1 Å². The average molecular weight is 298 g/mol. The Kier molecular flexibility index (Phi) is 6.11. The Morgan fingerprint density at radius 3 is 2.55 bits per heavy atom. The van der Waals surface area contributed by atoms with Crippen molar-refractivity contribution in [1.29, 1.82) is 0 Å². The molecule has 1 amide bonds. The minimum atomic E-state index is -0.446. The van der Waals surface area contributed by atoms with Crippen molar-refractivity contribution in [2.45, 2.75) is 19.4 Å². The van der Waals surface area contributed by atoms with Gasteiger partial charge >= 0.3 is 5.97 Å². The summed E-state index contributed by atoms with van der Waals surface area (Å²) in [5.41, 5.74) is 1.91. The van der Waals surface area contributed by atoms with Gasteiger partial charge in [-0.1, -0.05) is 36.4 Å². The van der Waals surface area contributed by atoms with E-state index in [0.717, 1.165) is 11.1 Å². The second-order valence-corrected chi connectivity index (χ2v) is 4.78. The molecule has 22 heavy (non-hydrogen) atoms. The predicted octanol–water partition coefficient (Wildman–Crippen LogP) is 1.87. The molecule has 114 valence electrons. The third-order valence-electron chi connectivity index (χ3n) is 3.04. The highest BCUT2D eigenvalue weighted by molar-refractivity contribution is 5.81. The van der Waals surface area contributed by atoms with Crippen LogP contribution in [0.1, 0.15) is 17.5 Å². The number of esters is 1. The molecule has 0 radical (unpaired) electrons. The molecule has 1 heterocycles. The molecule has 5 nitrogen and oxygen atoms in total. The Hall–Kier alpha value is -2.69. The molecule has 0 aliphatic rings. The number of hydrogen-bond donors (Lipinski definition) is 1. The molecule has 0 fully saturated rings. The number of carbonyl (C=O) groups excluding carboxylic acids is 2. The number of nitrogens with one attached hydrogen (secondary N) is 1. The summed E-state index contributed by atoms with van der Waals surface area (Å²) < 4.78 is 5.08. The van der Waals surface area contributed by atoms with E-state index in [0.29, 0.717) is 12.8 Å². The number of pyridine rings is 1. The van der Waals surface area contributed by atoms with Crippen LogP contribution in [0.4, 0.5) is 0 Å². The van der Waals surface area contributed by atoms with Crippen LogP contribution in [0.5, 0.6) is 0 Å². The lowest BCUT2D eigenvalue weighted by atomic mass is 10.1. The fraction of sp³-hybridized carbons (Fsp3) is 0.235. The third kappa shape index (κ3) is 5.75. The van der Waals surface area contributed by atoms with Crippen molar-refractivity contribution in [2.24, 2.45) is 0 Å². The van der Waals surface area contributed by atoms with Gasteiger partial charge in [-0.3, -0.25) is 14.6 Å². The van der Waals surface area contributed by atoms with Crippen LogP contribution in [0.15, 0.2) is 54.9 Å². The summed E-state index contributed by atoms with van der Waals surface area (Å²) in [6.07, 6.45) is 4.32. The molecule has 0 saturated heterocycles. The first-order valence-electron chi connectivity index (χ1n) is 7.09. The van der Waals surface area contributed by atoms with E-state index >= 15 is 0 Å². The van der Waals surface area contributed by atoms with E-state index in [1.165, 1.54) is 0 Å². The molecule has 1 aromatic heterocycles. The second-order valence-electron chi connectivity index (χ2n) is 4.78. The first kappa shape index (κ1) is 15.7. The molecule has 0 aliphatic heterocycles. The lowest BCUT2D eigenvalue weighted by Gasteiger charge is -2.06. The molecular formula is C17H18N2O3. The van der Waals surface area contributed by atoms with Gasteiger partial charge in [-0.05, 0) is 23.6 Å². The van der Waals surface area contributed by atoms with E-state index in [2.05, 4.69) is 10.3 Å². The number of aryl methyl sites for hydroxylation is 1. The van der Waals surface area contributed by atoms with Crippen molar-refractivity contribution >= 4 is 11.9 Å². The molecule has 5 heteroatoms. The van der Waals surface area contributed by atoms with Gasteiger partial charge in [-0.25, -0.2) is 0 Å². The van der Waals surface area contributed by atoms with Gasteiger partial charge in [0.25, 0.3) is 0 Å². The van der Waals surface area contributed by atoms with Crippen LogP contribution < -0.4 is 5.32 Å². The van der Waals surface area contributed by atoms with E-state index in [1.54, 1.807) is 12.4 Å². The molecule has 0 unspecified atom stereocenters. The molecule has 0 aliphatic carbocycles. The summed E-state index contributed by atoms with van der Waals surface area (Å²) in [5, 5.41) is 2.56. The minimum Gasteiger partial charge on any atom is -0.460 e. The number of rotatable bonds is 7. The zero-order valence-electron chi connectivity index (χ0n) is 12.2. The number of benzene rings is 1. The highest BCUT2D eigenvalue weighted by Gasteiger charge is 2.07. The van der Waals surface area contributed by atoms with Crippen molar-refractivity contribution in [2.75, 3.05) is 6.54 Å². The lowest BCUT2D eigenvalue weighted by Crippen LogP contribution is -2.30. The average Bonchev–Trinajstić information content (AvgIpc) is 2.58. The number of amides is 1. The normalized spacial score (nSPS) is 10.0. The molecule has 0 spiro atoms. The second kappa shape index (κ2) is 8.56. The zero-order chi connectivity index (χ0) is 15.6. The highest BCUT2D eigenvalue weighted by atomic mass is 16.5. The maximum absolute atomic E-state index is 11.7. The predicted molar refractivity (Wildman–Crippen MR) is 81.8 cm³/mol. The van der Waals surface area contributed by atoms with Crippen LogP contribution in [-0.4, -0.2) is 23.4 Å². The van der Waals surface area contributed by atoms with Crippen molar-refractivity contribution in [1.82, 2.24) is 10.3 Å². The summed E-state index contributed by atoms with van der Waals surface area (Å²) >= 11 is 0. The maximum Gasteiger partial charge on any atom is 0.325 e. The summed E-state index contributed by atoms with van der Waals surface area (Å²) in [6, 6.07) is 13.1. The Balaban J connectivity index is 1.62.